The molecule has 1 aromatic heterocycles. The van der Waals surface area contributed by atoms with Gasteiger partial charge in [-0.3, -0.25) is 9.88 Å². The van der Waals surface area contributed by atoms with Gasteiger partial charge < -0.3 is 10.5 Å². The smallest absolute Gasteiger partial charge is 0.159 e. The Labute approximate surface area is 104 Å². The number of nitrogen functional groups attached to an aromatic ring is 1. The fourth-order valence-corrected chi connectivity index (χ4v) is 2.34. The topological polar surface area (TPSA) is 51.4 Å². The molecule has 2 N–H and O–H groups in total. The maximum atomic E-state index is 5.78. The number of hydrogen-bond acceptors (Lipinski definition) is 4. The van der Waals surface area contributed by atoms with Crippen molar-refractivity contribution in [2.24, 2.45) is 0 Å². The Bertz CT molecular complexity index is 333. The summed E-state index contributed by atoms with van der Waals surface area (Å²) in [6, 6.07) is 0. The molecule has 4 nitrogen and oxygen atoms in total. The Morgan fingerprint density at radius 2 is 2.12 bits per heavy atom. The highest BCUT2D eigenvalue weighted by Gasteiger charge is 2.12. The normalized spacial score (nSPS) is 16.6. The molecule has 0 saturated carbocycles. The van der Waals surface area contributed by atoms with Crippen molar-refractivity contribution in [3.63, 3.8) is 0 Å². The third kappa shape index (κ3) is 2.86. The van der Waals surface area contributed by atoms with Gasteiger partial charge >= 0.3 is 0 Å². The molecule has 88 valence electrons. The van der Waals surface area contributed by atoms with Crippen molar-refractivity contribution in [2.45, 2.75) is 12.8 Å². The molecule has 0 aromatic carbocycles. The van der Waals surface area contributed by atoms with E-state index in [0.717, 1.165) is 11.0 Å². The van der Waals surface area contributed by atoms with Gasteiger partial charge in [-0.1, -0.05) is 0 Å². The molecule has 0 spiro atoms. The van der Waals surface area contributed by atoms with Crippen molar-refractivity contribution in [2.75, 3.05) is 32.0 Å². The number of rotatable bonds is 4. The second-order valence-electron chi connectivity index (χ2n) is 3.94. The summed E-state index contributed by atoms with van der Waals surface area (Å²) in [5, 5.41) is 0. The van der Waals surface area contributed by atoms with E-state index in [2.05, 4.69) is 25.8 Å². The molecule has 0 amide bonds. The third-order valence-electron chi connectivity index (χ3n) is 2.73. The van der Waals surface area contributed by atoms with Crippen LogP contribution >= 0.6 is 15.9 Å². The molecule has 0 aliphatic carbocycles. The fraction of sp³-hybridized carbons (Fsp3) is 0.545. The van der Waals surface area contributed by atoms with E-state index in [9.17, 15) is 0 Å². The predicted molar refractivity (Wildman–Crippen MR) is 67.5 cm³/mol. The molecule has 1 aliphatic rings. The lowest BCUT2D eigenvalue weighted by Crippen LogP contribution is -2.25. The first-order chi connectivity index (χ1) is 7.77. The summed E-state index contributed by atoms with van der Waals surface area (Å²) >= 11 is 3.38. The van der Waals surface area contributed by atoms with Crippen LogP contribution in [0.15, 0.2) is 16.9 Å². The molecule has 0 atom stereocenters. The second kappa shape index (κ2) is 5.50. The molecule has 1 saturated heterocycles. The van der Waals surface area contributed by atoms with E-state index in [0.29, 0.717) is 18.0 Å². The Morgan fingerprint density at radius 3 is 2.81 bits per heavy atom. The zero-order chi connectivity index (χ0) is 11.4. The minimum atomic E-state index is 0.579. The molecule has 0 unspecified atom stereocenters. The first kappa shape index (κ1) is 11.7. The van der Waals surface area contributed by atoms with Crippen LogP contribution < -0.4 is 10.5 Å². The van der Waals surface area contributed by atoms with Crippen LogP contribution in [0, 0.1) is 0 Å². The molecule has 0 radical (unpaired) electrons. The van der Waals surface area contributed by atoms with Gasteiger partial charge in [0.05, 0.1) is 16.4 Å². The van der Waals surface area contributed by atoms with Gasteiger partial charge in [-0.2, -0.15) is 0 Å². The lowest BCUT2D eigenvalue weighted by Gasteiger charge is -2.16. The Kier molecular flexibility index (Phi) is 4.01. The molecule has 2 rings (SSSR count). The van der Waals surface area contributed by atoms with Crippen molar-refractivity contribution in [1.82, 2.24) is 9.88 Å². The zero-order valence-corrected chi connectivity index (χ0v) is 10.7. The van der Waals surface area contributed by atoms with Crippen LogP contribution in [0.4, 0.5) is 5.69 Å². The number of hydrogen-bond donors (Lipinski definition) is 1. The van der Waals surface area contributed by atoms with Crippen LogP contribution in [0.1, 0.15) is 12.8 Å². The maximum absolute atomic E-state index is 5.78. The van der Waals surface area contributed by atoms with Crippen LogP contribution in [0.25, 0.3) is 0 Å². The lowest BCUT2D eigenvalue weighted by atomic mass is 10.4. The van der Waals surface area contributed by atoms with E-state index in [-0.39, 0.29) is 0 Å². The minimum absolute atomic E-state index is 0.579. The van der Waals surface area contributed by atoms with Crippen molar-refractivity contribution < 1.29 is 4.74 Å². The van der Waals surface area contributed by atoms with Crippen molar-refractivity contribution in [3.05, 3.63) is 16.9 Å². The molecular formula is C11H16BrN3O. The number of ether oxygens (including phenoxy) is 1. The number of anilines is 1. The monoisotopic (exact) mass is 285 g/mol. The quantitative estimate of drug-likeness (QED) is 0.918. The molecule has 1 fully saturated rings. The highest BCUT2D eigenvalue weighted by Crippen LogP contribution is 2.29. The van der Waals surface area contributed by atoms with Gasteiger partial charge in [0.1, 0.15) is 6.61 Å². The highest BCUT2D eigenvalue weighted by atomic mass is 79.9. The molecule has 1 aliphatic heterocycles. The molecule has 1 aromatic rings. The fourth-order valence-electron chi connectivity index (χ4n) is 1.87. The van der Waals surface area contributed by atoms with E-state index in [1.807, 2.05) is 0 Å². The summed E-state index contributed by atoms with van der Waals surface area (Å²) in [5.74, 6) is 0.703. The van der Waals surface area contributed by atoms with Crippen molar-refractivity contribution >= 4 is 21.6 Å². The number of nitrogens with zero attached hydrogens (tertiary/aromatic N) is 2. The van der Waals surface area contributed by atoms with Crippen molar-refractivity contribution in [3.8, 4) is 5.75 Å². The van der Waals surface area contributed by atoms with Gasteiger partial charge in [-0.15, -0.1) is 0 Å². The van der Waals surface area contributed by atoms with E-state index in [1.54, 1.807) is 12.4 Å². The first-order valence-electron chi connectivity index (χ1n) is 5.51. The third-order valence-corrected chi connectivity index (χ3v) is 3.30. The van der Waals surface area contributed by atoms with Crippen LogP contribution in [0.5, 0.6) is 5.75 Å². The van der Waals surface area contributed by atoms with Crippen LogP contribution in [-0.4, -0.2) is 36.1 Å². The van der Waals surface area contributed by atoms with Gasteiger partial charge in [0.2, 0.25) is 0 Å². The van der Waals surface area contributed by atoms with E-state index >= 15 is 0 Å². The van der Waals surface area contributed by atoms with Gasteiger partial charge in [0.15, 0.2) is 5.75 Å². The van der Waals surface area contributed by atoms with E-state index in [4.69, 9.17) is 10.5 Å². The SMILES string of the molecule is Nc1cncc(Br)c1OCCN1CCCC1. The van der Waals surface area contributed by atoms with Gasteiger partial charge in [-0.25, -0.2) is 0 Å². The zero-order valence-electron chi connectivity index (χ0n) is 9.16. The number of nitrogens with two attached hydrogens (primary N) is 1. The van der Waals surface area contributed by atoms with Crippen LogP contribution in [-0.2, 0) is 0 Å². The van der Waals surface area contributed by atoms with Gasteiger partial charge in [0, 0.05) is 12.7 Å². The summed E-state index contributed by atoms with van der Waals surface area (Å²) in [5.41, 5.74) is 6.36. The summed E-state index contributed by atoms with van der Waals surface area (Å²) in [6.07, 6.45) is 5.92. The number of likely N-dealkylation sites (tertiary alicyclic amines) is 1. The van der Waals surface area contributed by atoms with Crippen molar-refractivity contribution in [1.29, 1.82) is 0 Å². The van der Waals surface area contributed by atoms with Crippen LogP contribution in [0.2, 0.25) is 0 Å². The largest absolute Gasteiger partial charge is 0.489 e. The molecule has 2 heterocycles. The maximum Gasteiger partial charge on any atom is 0.159 e. The number of halogens is 1. The van der Waals surface area contributed by atoms with Crippen LogP contribution in [0.3, 0.4) is 0 Å². The highest BCUT2D eigenvalue weighted by molar-refractivity contribution is 9.10. The number of pyridine rings is 1. The number of aromatic nitrogens is 1. The molecule has 16 heavy (non-hydrogen) atoms. The second-order valence-corrected chi connectivity index (χ2v) is 4.79. The molecule has 5 heteroatoms. The molecular weight excluding hydrogens is 270 g/mol. The molecule has 0 bridgehead atoms. The first-order valence-corrected chi connectivity index (χ1v) is 6.31. The van der Waals surface area contributed by atoms with E-state index in [1.165, 1.54) is 25.9 Å². The average molecular weight is 286 g/mol. The Morgan fingerprint density at radius 1 is 1.38 bits per heavy atom. The van der Waals surface area contributed by atoms with Gasteiger partial charge in [0.25, 0.3) is 0 Å². The summed E-state index contributed by atoms with van der Waals surface area (Å²) in [4.78, 5) is 6.38. The standard InChI is InChI=1S/C11H16BrN3O/c12-9-7-14-8-10(13)11(9)16-6-5-15-3-1-2-4-15/h7-8H,1-6,13H2. The average Bonchev–Trinajstić information content (AvgIpc) is 2.75. The lowest BCUT2D eigenvalue weighted by molar-refractivity contribution is 0.237. The Balaban J connectivity index is 1.84. The predicted octanol–water partition coefficient (Wildman–Crippen LogP) is 1.90. The minimum Gasteiger partial charge on any atom is -0.489 e. The van der Waals surface area contributed by atoms with E-state index < -0.39 is 0 Å². The summed E-state index contributed by atoms with van der Waals surface area (Å²) in [7, 11) is 0. The summed E-state index contributed by atoms with van der Waals surface area (Å²) in [6.45, 7) is 4.02. The Hall–Kier alpha value is -0.810. The summed E-state index contributed by atoms with van der Waals surface area (Å²) < 4.78 is 6.49. The van der Waals surface area contributed by atoms with Gasteiger partial charge in [-0.05, 0) is 41.9 Å².